The molecule has 0 fully saturated rings. The largest absolute Gasteiger partial charge is 0.383 e. The quantitative estimate of drug-likeness (QED) is 0.276. The van der Waals surface area contributed by atoms with Gasteiger partial charge in [0.1, 0.15) is 0 Å². The summed E-state index contributed by atoms with van der Waals surface area (Å²) >= 11 is 6.37. The molecule has 1 aromatic heterocycles. The molecule has 0 saturated carbocycles. The van der Waals surface area contributed by atoms with Gasteiger partial charge in [0.25, 0.3) is 11.8 Å². The minimum Gasteiger partial charge on any atom is -0.383 e. The average Bonchev–Trinajstić information content (AvgIpc) is 2.88. The number of carbonyl (C=O) groups excluding carboxylic acids is 2. The number of halogens is 1. The average molecular weight is 485 g/mol. The van der Waals surface area contributed by atoms with Crippen LogP contribution in [0.15, 0.2) is 91.1 Å². The Morgan fingerprint density at radius 1 is 0.829 bits per heavy atom. The summed E-state index contributed by atoms with van der Waals surface area (Å²) < 4.78 is 0. The van der Waals surface area contributed by atoms with Gasteiger partial charge in [0, 0.05) is 41.8 Å². The van der Waals surface area contributed by atoms with Crippen LogP contribution >= 0.6 is 11.6 Å². The number of pyridine rings is 1. The first-order valence-electron chi connectivity index (χ1n) is 11.2. The van der Waals surface area contributed by atoms with Gasteiger partial charge in [-0.3, -0.25) is 14.6 Å². The number of para-hydroxylation sites is 1. The van der Waals surface area contributed by atoms with Crippen LogP contribution in [0.5, 0.6) is 0 Å². The molecule has 0 atom stereocenters. The van der Waals surface area contributed by atoms with Crippen molar-refractivity contribution in [3.63, 3.8) is 0 Å². The lowest BCUT2D eigenvalue weighted by Gasteiger charge is -2.12. The van der Waals surface area contributed by atoms with Crippen LogP contribution in [0.1, 0.15) is 26.3 Å². The van der Waals surface area contributed by atoms with E-state index < -0.39 is 0 Å². The van der Waals surface area contributed by atoms with Gasteiger partial charge in [0.15, 0.2) is 0 Å². The number of carbonyl (C=O) groups is 2. The van der Waals surface area contributed by atoms with E-state index in [1.807, 2.05) is 73.7 Å². The van der Waals surface area contributed by atoms with E-state index in [1.54, 1.807) is 18.3 Å². The minimum atomic E-state index is -0.357. The fourth-order valence-corrected chi connectivity index (χ4v) is 3.84. The molecule has 6 nitrogen and oxygen atoms in total. The second-order valence-electron chi connectivity index (χ2n) is 7.94. The molecule has 3 N–H and O–H groups in total. The number of benzene rings is 3. The van der Waals surface area contributed by atoms with Gasteiger partial charge in [-0.2, -0.15) is 0 Å². The predicted octanol–water partition coefficient (Wildman–Crippen LogP) is 5.80. The highest BCUT2D eigenvalue weighted by Crippen LogP contribution is 2.26. The molecule has 0 radical (unpaired) electrons. The molecule has 4 rings (SSSR count). The Morgan fingerprint density at radius 2 is 1.63 bits per heavy atom. The van der Waals surface area contributed by atoms with Crippen molar-refractivity contribution in [2.45, 2.75) is 6.92 Å². The number of rotatable bonds is 8. The number of hydrogen-bond donors (Lipinski definition) is 3. The van der Waals surface area contributed by atoms with E-state index >= 15 is 0 Å². The van der Waals surface area contributed by atoms with E-state index in [0.717, 1.165) is 22.5 Å². The summed E-state index contributed by atoms with van der Waals surface area (Å²) in [7, 11) is 0. The monoisotopic (exact) mass is 484 g/mol. The van der Waals surface area contributed by atoms with Gasteiger partial charge < -0.3 is 16.0 Å². The van der Waals surface area contributed by atoms with Crippen LogP contribution < -0.4 is 16.0 Å². The SMILES string of the molecule is Cc1ccc(NC(=O)c2ccc(C(=O)NCCNc3ccccc3)cc2Cl)cc1-c1ccccn1. The Bertz CT molecular complexity index is 1330. The fraction of sp³-hybridized carbons (Fsp3) is 0.107. The smallest absolute Gasteiger partial charge is 0.257 e. The van der Waals surface area contributed by atoms with Crippen LogP contribution in [-0.4, -0.2) is 29.9 Å². The molecule has 176 valence electrons. The van der Waals surface area contributed by atoms with Gasteiger partial charge in [-0.1, -0.05) is 41.9 Å². The zero-order valence-corrected chi connectivity index (χ0v) is 20.0. The van der Waals surface area contributed by atoms with Gasteiger partial charge in [0.2, 0.25) is 0 Å². The van der Waals surface area contributed by atoms with Crippen molar-refractivity contribution in [1.82, 2.24) is 10.3 Å². The molecule has 0 bridgehead atoms. The maximum absolute atomic E-state index is 12.9. The van der Waals surface area contributed by atoms with Gasteiger partial charge in [-0.15, -0.1) is 0 Å². The summed E-state index contributed by atoms with van der Waals surface area (Å²) in [6.07, 6.45) is 1.73. The molecule has 0 unspecified atom stereocenters. The van der Waals surface area contributed by atoms with Crippen LogP contribution in [-0.2, 0) is 0 Å². The fourth-order valence-electron chi connectivity index (χ4n) is 3.58. The molecular weight excluding hydrogens is 460 g/mol. The highest BCUT2D eigenvalue weighted by molar-refractivity contribution is 6.34. The molecule has 4 aromatic rings. The van der Waals surface area contributed by atoms with Crippen molar-refractivity contribution in [1.29, 1.82) is 0 Å². The van der Waals surface area contributed by atoms with Crippen LogP contribution in [0.4, 0.5) is 11.4 Å². The molecule has 0 aliphatic heterocycles. The topological polar surface area (TPSA) is 83.1 Å². The Kier molecular flexibility index (Phi) is 7.75. The van der Waals surface area contributed by atoms with E-state index in [9.17, 15) is 9.59 Å². The van der Waals surface area contributed by atoms with Gasteiger partial charge in [-0.05, 0) is 67.1 Å². The normalized spacial score (nSPS) is 10.5. The third-order valence-corrected chi connectivity index (χ3v) is 5.74. The lowest BCUT2D eigenvalue weighted by atomic mass is 10.0. The van der Waals surface area contributed by atoms with E-state index in [-0.39, 0.29) is 22.4 Å². The molecule has 0 aliphatic carbocycles. The first-order chi connectivity index (χ1) is 17.0. The third-order valence-electron chi connectivity index (χ3n) is 5.43. The van der Waals surface area contributed by atoms with E-state index in [2.05, 4.69) is 20.9 Å². The molecule has 0 aliphatic rings. The highest BCUT2D eigenvalue weighted by atomic mass is 35.5. The molecule has 0 saturated heterocycles. The molecule has 7 heteroatoms. The van der Waals surface area contributed by atoms with Crippen molar-refractivity contribution in [3.05, 3.63) is 113 Å². The Labute approximate surface area is 209 Å². The first kappa shape index (κ1) is 24.0. The highest BCUT2D eigenvalue weighted by Gasteiger charge is 2.15. The lowest BCUT2D eigenvalue weighted by molar-refractivity contribution is 0.0953. The summed E-state index contributed by atoms with van der Waals surface area (Å²) in [5, 5.41) is 9.16. The van der Waals surface area contributed by atoms with Crippen LogP contribution in [0, 0.1) is 6.92 Å². The summed E-state index contributed by atoms with van der Waals surface area (Å²) in [5.41, 5.74) is 5.10. The summed E-state index contributed by atoms with van der Waals surface area (Å²) in [4.78, 5) is 29.7. The summed E-state index contributed by atoms with van der Waals surface area (Å²) in [5.74, 6) is -0.614. The summed E-state index contributed by atoms with van der Waals surface area (Å²) in [6.45, 7) is 3.02. The second kappa shape index (κ2) is 11.3. The summed E-state index contributed by atoms with van der Waals surface area (Å²) in [6, 6.07) is 25.8. The molecule has 35 heavy (non-hydrogen) atoms. The van der Waals surface area contributed by atoms with Crippen molar-refractivity contribution in [3.8, 4) is 11.3 Å². The first-order valence-corrected chi connectivity index (χ1v) is 11.6. The maximum atomic E-state index is 12.9. The molecule has 0 spiro atoms. The number of hydrogen-bond acceptors (Lipinski definition) is 4. The van der Waals surface area contributed by atoms with Crippen molar-refractivity contribution < 1.29 is 9.59 Å². The van der Waals surface area contributed by atoms with Crippen molar-refractivity contribution >= 4 is 34.8 Å². The van der Waals surface area contributed by atoms with Gasteiger partial charge in [0.05, 0.1) is 16.3 Å². The predicted molar refractivity (Wildman–Crippen MR) is 141 cm³/mol. The Morgan fingerprint density at radius 3 is 2.37 bits per heavy atom. The van der Waals surface area contributed by atoms with E-state index in [0.29, 0.717) is 24.3 Å². The van der Waals surface area contributed by atoms with Gasteiger partial charge >= 0.3 is 0 Å². The van der Waals surface area contributed by atoms with E-state index in [4.69, 9.17) is 11.6 Å². The molecular formula is C28H25ClN4O2. The molecule has 1 heterocycles. The van der Waals surface area contributed by atoms with Crippen LogP contribution in [0.2, 0.25) is 5.02 Å². The van der Waals surface area contributed by atoms with Crippen LogP contribution in [0.25, 0.3) is 11.3 Å². The van der Waals surface area contributed by atoms with E-state index in [1.165, 1.54) is 6.07 Å². The zero-order chi connectivity index (χ0) is 24.6. The number of anilines is 2. The van der Waals surface area contributed by atoms with Crippen LogP contribution in [0.3, 0.4) is 0 Å². The number of amides is 2. The number of nitrogens with zero attached hydrogens (tertiary/aromatic N) is 1. The third kappa shape index (κ3) is 6.25. The Balaban J connectivity index is 1.37. The molecule has 2 amide bonds. The minimum absolute atomic E-state index is 0.203. The standard InChI is InChI=1S/C28H25ClN4O2/c1-19-10-12-22(18-24(19)26-9-5-6-14-31-26)33-28(35)23-13-11-20(17-25(23)29)27(34)32-16-15-30-21-7-3-2-4-8-21/h2-14,17-18,30H,15-16H2,1H3,(H,32,34)(H,33,35). The second-order valence-corrected chi connectivity index (χ2v) is 8.35. The molecule has 3 aromatic carbocycles. The maximum Gasteiger partial charge on any atom is 0.257 e. The Hall–Kier alpha value is -4.16. The zero-order valence-electron chi connectivity index (χ0n) is 19.2. The number of aromatic nitrogens is 1. The lowest BCUT2D eigenvalue weighted by Crippen LogP contribution is -2.28. The van der Waals surface area contributed by atoms with Crippen molar-refractivity contribution in [2.75, 3.05) is 23.7 Å². The van der Waals surface area contributed by atoms with Crippen molar-refractivity contribution in [2.24, 2.45) is 0 Å². The number of nitrogens with one attached hydrogen (secondary N) is 3. The number of aryl methyl sites for hydroxylation is 1. The van der Waals surface area contributed by atoms with Gasteiger partial charge in [-0.25, -0.2) is 0 Å².